The van der Waals surface area contributed by atoms with Gasteiger partial charge in [-0.15, -0.1) is 0 Å². The fourth-order valence-electron chi connectivity index (χ4n) is 4.54. The first-order valence-electron chi connectivity index (χ1n) is 12.3. The number of rotatable bonds is 8. The molecule has 7 nitrogen and oxygen atoms in total. The van der Waals surface area contributed by atoms with Gasteiger partial charge in [0.15, 0.2) is 0 Å². The van der Waals surface area contributed by atoms with Crippen LogP contribution in [-0.4, -0.2) is 29.3 Å². The summed E-state index contributed by atoms with van der Waals surface area (Å²) in [5, 5.41) is 2.77. The van der Waals surface area contributed by atoms with Crippen molar-refractivity contribution in [3.63, 3.8) is 0 Å². The molecule has 3 aromatic rings. The number of halogens is 3. The van der Waals surface area contributed by atoms with Gasteiger partial charge in [0.25, 0.3) is 5.91 Å². The summed E-state index contributed by atoms with van der Waals surface area (Å²) in [5.74, 6) is -1.41. The lowest BCUT2D eigenvalue weighted by Gasteiger charge is -2.34. The van der Waals surface area contributed by atoms with Crippen molar-refractivity contribution >= 4 is 17.8 Å². The zero-order valence-corrected chi connectivity index (χ0v) is 21.4. The second-order valence-electron chi connectivity index (χ2n) is 9.04. The summed E-state index contributed by atoms with van der Waals surface area (Å²) in [6.45, 7) is 3.66. The first kappa shape index (κ1) is 27.7. The quantitative estimate of drug-likeness (QED) is 0.377. The molecule has 2 amide bonds. The lowest BCUT2D eigenvalue weighted by Crippen LogP contribution is -2.38. The van der Waals surface area contributed by atoms with E-state index in [0.717, 1.165) is 12.1 Å². The Labute approximate surface area is 223 Å². The number of ether oxygens (including phenoxy) is 1. The van der Waals surface area contributed by atoms with Crippen molar-refractivity contribution in [2.24, 2.45) is 0 Å². The Morgan fingerprint density at radius 3 is 2.49 bits per heavy atom. The third-order valence-electron chi connectivity index (χ3n) is 6.49. The molecular weight excluding hydrogens is 513 g/mol. The van der Waals surface area contributed by atoms with Crippen LogP contribution in [-0.2, 0) is 33.6 Å². The maximum atomic E-state index is 13.3. The lowest BCUT2D eigenvalue weighted by molar-refractivity contribution is -0.140. The van der Waals surface area contributed by atoms with Crippen LogP contribution in [0.15, 0.2) is 82.6 Å². The smallest absolute Gasteiger partial charge is 0.416 e. The summed E-state index contributed by atoms with van der Waals surface area (Å²) in [6.07, 6.45) is -3.11. The first-order valence-corrected chi connectivity index (χ1v) is 12.3. The number of esters is 1. The van der Waals surface area contributed by atoms with Gasteiger partial charge in [-0.1, -0.05) is 24.3 Å². The number of allylic oxidation sites excluding steroid dienone is 1. The molecule has 39 heavy (non-hydrogen) atoms. The van der Waals surface area contributed by atoms with E-state index in [9.17, 15) is 27.6 Å². The summed E-state index contributed by atoms with van der Waals surface area (Å²) < 4.78 is 49.7. The molecule has 0 saturated heterocycles. The fourth-order valence-corrected chi connectivity index (χ4v) is 4.54. The van der Waals surface area contributed by atoms with Gasteiger partial charge in [-0.05, 0) is 61.4 Å². The molecule has 204 valence electrons. The molecule has 0 bridgehead atoms. The van der Waals surface area contributed by atoms with Crippen LogP contribution < -0.4 is 5.32 Å². The van der Waals surface area contributed by atoms with E-state index in [2.05, 4.69) is 5.32 Å². The number of carbonyl (C=O) groups is 3. The molecule has 1 aliphatic rings. The molecule has 10 heteroatoms. The predicted octanol–water partition coefficient (Wildman–Crippen LogP) is 5.58. The minimum absolute atomic E-state index is 0.0899. The van der Waals surface area contributed by atoms with Crippen LogP contribution in [0.5, 0.6) is 0 Å². The van der Waals surface area contributed by atoms with Gasteiger partial charge in [-0.3, -0.25) is 9.59 Å². The molecule has 2 aromatic carbocycles. The molecule has 0 aliphatic carbocycles. The highest BCUT2D eigenvalue weighted by atomic mass is 19.4. The van der Waals surface area contributed by atoms with Gasteiger partial charge in [-0.25, -0.2) is 4.79 Å². The maximum Gasteiger partial charge on any atom is 0.416 e. The zero-order chi connectivity index (χ0) is 28.2. The average molecular weight is 541 g/mol. The highest BCUT2D eigenvalue weighted by molar-refractivity contribution is 5.96. The Hall–Kier alpha value is -4.34. The van der Waals surface area contributed by atoms with Crippen molar-refractivity contribution in [2.45, 2.75) is 45.5 Å². The predicted molar refractivity (Wildman–Crippen MR) is 135 cm³/mol. The van der Waals surface area contributed by atoms with Gasteiger partial charge in [0, 0.05) is 23.6 Å². The molecular formula is C29H27F3N2O5. The number of carbonyl (C=O) groups excluding carboxylic acids is 3. The number of hydrogen-bond acceptors (Lipinski definition) is 5. The van der Waals surface area contributed by atoms with Gasteiger partial charge >= 0.3 is 12.1 Å². The van der Waals surface area contributed by atoms with Crippen molar-refractivity contribution < 1.29 is 36.7 Å². The topological polar surface area (TPSA) is 88.8 Å². The van der Waals surface area contributed by atoms with Crippen molar-refractivity contribution in [2.75, 3.05) is 6.61 Å². The van der Waals surface area contributed by atoms with E-state index in [1.807, 2.05) is 0 Å². The van der Waals surface area contributed by atoms with Crippen molar-refractivity contribution in [1.29, 1.82) is 0 Å². The Bertz CT molecular complexity index is 1380. The summed E-state index contributed by atoms with van der Waals surface area (Å²) in [6, 6.07) is 14.7. The number of furan rings is 1. The van der Waals surface area contributed by atoms with Gasteiger partial charge in [0.2, 0.25) is 5.91 Å². The summed E-state index contributed by atoms with van der Waals surface area (Å²) in [4.78, 5) is 40.3. The minimum atomic E-state index is -4.50. The number of alkyl halides is 3. The Morgan fingerprint density at radius 2 is 1.85 bits per heavy atom. The summed E-state index contributed by atoms with van der Waals surface area (Å²) >= 11 is 0. The van der Waals surface area contributed by atoms with Crippen LogP contribution >= 0.6 is 0 Å². The van der Waals surface area contributed by atoms with Crippen LogP contribution in [0.3, 0.4) is 0 Å². The number of nitrogens with zero attached hydrogens (tertiary/aromatic N) is 1. The molecule has 1 aliphatic heterocycles. The van der Waals surface area contributed by atoms with Crippen LogP contribution in [0.25, 0.3) is 0 Å². The maximum absolute atomic E-state index is 13.3. The third-order valence-corrected chi connectivity index (χ3v) is 6.49. The molecule has 0 radical (unpaired) electrons. The average Bonchev–Trinajstić information content (AvgIpc) is 3.43. The highest BCUT2D eigenvalue weighted by Gasteiger charge is 2.37. The van der Waals surface area contributed by atoms with Crippen LogP contribution in [0.4, 0.5) is 13.2 Å². The van der Waals surface area contributed by atoms with E-state index < -0.39 is 23.6 Å². The van der Waals surface area contributed by atoms with E-state index in [0.29, 0.717) is 28.1 Å². The van der Waals surface area contributed by atoms with Gasteiger partial charge < -0.3 is 19.4 Å². The van der Waals surface area contributed by atoms with E-state index >= 15 is 0 Å². The van der Waals surface area contributed by atoms with Crippen LogP contribution in [0, 0.1) is 0 Å². The molecule has 0 fully saturated rings. The first-order chi connectivity index (χ1) is 18.6. The number of nitrogens with one attached hydrogen (secondary N) is 1. The molecule has 1 aromatic heterocycles. The third kappa shape index (κ3) is 6.39. The highest BCUT2D eigenvalue weighted by Crippen LogP contribution is 2.39. The summed E-state index contributed by atoms with van der Waals surface area (Å²) in [5.41, 5.74) is 1.20. The zero-order valence-electron chi connectivity index (χ0n) is 21.4. The Balaban J connectivity index is 1.59. The Kier molecular flexibility index (Phi) is 8.23. The van der Waals surface area contributed by atoms with Gasteiger partial charge in [-0.2, -0.15) is 13.2 Å². The van der Waals surface area contributed by atoms with Crippen molar-refractivity contribution in [1.82, 2.24) is 10.2 Å². The molecule has 1 atom stereocenters. The second kappa shape index (κ2) is 11.6. The fraction of sp³-hybridized carbons (Fsp3) is 0.276. The SMILES string of the molecule is CCOC(=O)C1=C(C)N(Cc2cccc(C(=O)NCc3ccco3)c2)C(=O)CC1c1ccc(C(F)(F)F)cc1. The number of benzene rings is 2. The van der Waals surface area contributed by atoms with Gasteiger partial charge in [0.05, 0.1) is 37.1 Å². The second-order valence-corrected chi connectivity index (χ2v) is 9.04. The van der Waals surface area contributed by atoms with E-state index in [4.69, 9.17) is 9.15 Å². The van der Waals surface area contributed by atoms with Crippen molar-refractivity contribution in [3.8, 4) is 0 Å². The van der Waals surface area contributed by atoms with Crippen LogP contribution in [0.1, 0.15) is 59.0 Å². The van der Waals surface area contributed by atoms with E-state index in [1.54, 1.807) is 50.2 Å². The molecule has 4 rings (SSSR count). The molecule has 1 unspecified atom stereocenters. The summed E-state index contributed by atoms with van der Waals surface area (Å²) in [7, 11) is 0. The molecule has 2 heterocycles. The Morgan fingerprint density at radius 1 is 1.10 bits per heavy atom. The molecule has 1 N–H and O–H groups in total. The number of hydrogen-bond donors (Lipinski definition) is 1. The minimum Gasteiger partial charge on any atom is -0.467 e. The van der Waals surface area contributed by atoms with Crippen molar-refractivity contribution in [3.05, 3.63) is 106 Å². The largest absolute Gasteiger partial charge is 0.467 e. The van der Waals surface area contributed by atoms with Crippen LogP contribution in [0.2, 0.25) is 0 Å². The van der Waals surface area contributed by atoms with E-state index in [1.165, 1.54) is 23.3 Å². The number of amides is 2. The van der Waals surface area contributed by atoms with Gasteiger partial charge in [0.1, 0.15) is 5.76 Å². The molecule has 0 spiro atoms. The molecule has 0 saturated carbocycles. The monoisotopic (exact) mass is 540 g/mol. The standard InChI is InChI=1S/C29H27F3N2O5/c1-3-38-28(37)26-18(2)34(25(35)15-24(26)20-9-11-22(12-10-20)29(30,31)32)17-19-6-4-7-21(14-19)27(36)33-16-23-8-5-13-39-23/h4-14,24H,3,15-17H2,1-2H3,(H,33,36). The van der Waals surface area contributed by atoms with E-state index in [-0.39, 0.29) is 43.5 Å². The lowest BCUT2D eigenvalue weighted by atomic mass is 9.83. The normalized spacial score (nSPS) is 15.9.